The highest BCUT2D eigenvalue weighted by Gasteiger charge is 2.16. The summed E-state index contributed by atoms with van der Waals surface area (Å²) in [6, 6.07) is 13.7. The molecule has 1 aromatic heterocycles. The van der Waals surface area contributed by atoms with E-state index in [1.807, 2.05) is 28.8 Å². The molecule has 2 aromatic carbocycles. The summed E-state index contributed by atoms with van der Waals surface area (Å²) in [7, 11) is 3.16. The highest BCUT2D eigenvalue weighted by Crippen LogP contribution is 2.31. The first-order valence-electron chi connectivity index (χ1n) is 8.62. The first-order valence-corrected chi connectivity index (χ1v) is 9.61. The van der Waals surface area contributed by atoms with Crippen LogP contribution in [0.25, 0.3) is 16.9 Å². The Bertz CT molecular complexity index is 960. The molecule has 152 valence electrons. The van der Waals surface area contributed by atoms with Crippen molar-refractivity contribution < 1.29 is 23.0 Å². The average molecular weight is 419 g/mol. The largest absolute Gasteiger partial charge is 0.497 e. The number of carbonyl (C=O) groups excluding carboxylic acids is 1. The molecule has 6 nitrogen and oxygen atoms in total. The third kappa shape index (κ3) is 5.05. The van der Waals surface area contributed by atoms with Crippen molar-refractivity contribution in [2.24, 2.45) is 0 Å². The number of alkyl halides is 2. The van der Waals surface area contributed by atoms with Gasteiger partial charge in [-0.2, -0.15) is 8.78 Å². The van der Waals surface area contributed by atoms with Crippen molar-refractivity contribution in [2.75, 3.05) is 19.9 Å². The van der Waals surface area contributed by atoms with Gasteiger partial charge in [0.15, 0.2) is 5.16 Å². The van der Waals surface area contributed by atoms with Gasteiger partial charge in [0.1, 0.15) is 11.5 Å². The van der Waals surface area contributed by atoms with Crippen LogP contribution in [0.4, 0.5) is 8.78 Å². The van der Waals surface area contributed by atoms with Gasteiger partial charge in [-0.1, -0.05) is 11.8 Å². The molecule has 9 heteroatoms. The molecule has 0 unspecified atom stereocenters. The number of ether oxygens (including phenoxy) is 2. The number of amides is 1. The molecule has 0 aliphatic carbocycles. The summed E-state index contributed by atoms with van der Waals surface area (Å²) in [6.45, 7) is -2.89. The monoisotopic (exact) mass is 419 g/mol. The molecule has 3 rings (SSSR count). The number of carbonyl (C=O) groups is 1. The number of hydrogen-bond acceptors (Lipinski definition) is 5. The minimum absolute atomic E-state index is 0.0643. The Morgan fingerprint density at radius 3 is 2.38 bits per heavy atom. The number of halogens is 2. The van der Waals surface area contributed by atoms with Gasteiger partial charge in [0, 0.05) is 18.3 Å². The molecular weight excluding hydrogens is 400 g/mol. The summed E-state index contributed by atoms with van der Waals surface area (Å²) < 4.78 is 36.3. The van der Waals surface area contributed by atoms with Crippen LogP contribution in [-0.2, 0) is 4.79 Å². The van der Waals surface area contributed by atoms with E-state index in [2.05, 4.69) is 15.0 Å². The molecule has 0 atom stereocenters. The van der Waals surface area contributed by atoms with E-state index in [4.69, 9.17) is 4.74 Å². The van der Waals surface area contributed by atoms with Gasteiger partial charge in [0.2, 0.25) is 5.91 Å². The summed E-state index contributed by atoms with van der Waals surface area (Å²) in [5, 5.41) is 3.17. The van der Waals surface area contributed by atoms with E-state index in [9.17, 15) is 13.6 Å². The van der Waals surface area contributed by atoms with E-state index in [0.717, 1.165) is 17.0 Å². The number of nitrogens with one attached hydrogen (secondary N) is 1. The lowest BCUT2D eigenvalue weighted by atomic mass is 10.1. The Hall–Kier alpha value is -3.07. The van der Waals surface area contributed by atoms with Crippen molar-refractivity contribution in [2.45, 2.75) is 11.8 Å². The first kappa shape index (κ1) is 20.7. The first-order chi connectivity index (χ1) is 14.0. The molecule has 0 saturated carbocycles. The van der Waals surface area contributed by atoms with Crippen LogP contribution >= 0.6 is 11.8 Å². The van der Waals surface area contributed by atoms with Crippen molar-refractivity contribution in [3.8, 4) is 28.4 Å². The molecule has 1 N–H and O–H groups in total. The SMILES string of the molecule is CNC(=O)CSc1ncc(-c2ccc(OC)cc2)n1-c1ccc(OC(F)F)cc1. The molecule has 0 radical (unpaired) electrons. The van der Waals surface area contributed by atoms with E-state index < -0.39 is 6.61 Å². The Balaban J connectivity index is 2.00. The number of benzene rings is 2. The van der Waals surface area contributed by atoms with Crippen LogP contribution in [0.3, 0.4) is 0 Å². The van der Waals surface area contributed by atoms with Crippen LogP contribution in [0, 0.1) is 0 Å². The lowest BCUT2D eigenvalue weighted by Crippen LogP contribution is -2.20. The maximum atomic E-state index is 12.4. The average Bonchev–Trinajstić information content (AvgIpc) is 3.16. The van der Waals surface area contributed by atoms with Crippen LogP contribution in [0.1, 0.15) is 0 Å². The van der Waals surface area contributed by atoms with Crippen molar-refractivity contribution >= 4 is 17.7 Å². The van der Waals surface area contributed by atoms with Gasteiger partial charge in [0.05, 0.1) is 24.8 Å². The molecule has 0 aliphatic heterocycles. The normalized spacial score (nSPS) is 10.8. The molecule has 0 bridgehead atoms. The Kier molecular flexibility index (Phi) is 6.71. The molecule has 0 spiro atoms. The van der Waals surface area contributed by atoms with Crippen LogP contribution in [0.15, 0.2) is 59.9 Å². The number of rotatable bonds is 8. The molecule has 3 aromatic rings. The van der Waals surface area contributed by atoms with Crippen molar-refractivity contribution in [3.63, 3.8) is 0 Å². The maximum absolute atomic E-state index is 12.4. The summed E-state index contributed by atoms with van der Waals surface area (Å²) in [4.78, 5) is 16.1. The van der Waals surface area contributed by atoms with Crippen molar-refractivity contribution in [3.05, 3.63) is 54.7 Å². The molecule has 29 heavy (non-hydrogen) atoms. The Labute approximate surface area is 170 Å². The minimum atomic E-state index is -2.89. The topological polar surface area (TPSA) is 65.4 Å². The second-order valence-electron chi connectivity index (χ2n) is 5.82. The van der Waals surface area contributed by atoms with Gasteiger partial charge in [-0.05, 0) is 48.5 Å². The van der Waals surface area contributed by atoms with Gasteiger partial charge in [0.25, 0.3) is 0 Å². The smallest absolute Gasteiger partial charge is 0.387 e. The molecule has 0 aliphatic rings. The lowest BCUT2D eigenvalue weighted by Gasteiger charge is -2.13. The number of aromatic nitrogens is 2. The fourth-order valence-corrected chi connectivity index (χ4v) is 3.50. The number of methoxy groups -OCH3 is 1. The van der Waals surface area contributed by atoms with Gasteiger partial charge in [-0.3, -0.25) is 9.36 Å². The fraction of sp³-hybridized carbons (Fsp3) is 0.200. The third-order valence-corrected chi connectivity index (χ3v) is 5.00. The Morgan fingerprint density at radius 1 is 1.14 bits per heavy atom. The fourth-order valence-electron chi connectivity index (χ4n) is 2.63. The number of nitrogens with zero attached hydrogens (tertiary/aromatic N) is 2. The Morgan fingerprint density at radius 2 is 1.79 bits per heavy atom. The molecule has 1 heterocycles. The number of imidazole rings is 1. The van der Waals surface area contributed by atoms with E-state index in [1.165, 1.54) is 23.9 Å². The predicted octanol–water partition coefficient (Wildman–Crippen LogP) is 3.99. The van der Waals surface area contributed by atoms with E-state index in [1.54, 1.807) is 32.5 Å². The molecule has 1 amide bonds. The van der Waals surface area contributed by atoms with Crippen molar-refractivity contribution in [1.29, 1.82) is 0 Å². The standard InChI is InChI=1S/C20H19F2N3O3S/c1-23-18(26)12-29-20-24-11-17(13-3-7-15(27-2)8-4-13)25(20)14-5-9-16(10-6-14)28-19(21)22/h3-11,19H,12H2,1-2H3,(H,23,26). The van der Waals surface area contributed by atoms with Crippen molar-refractivity contribution in [1.82, 2.24) is 14.9 Å². The van der Waals surface area contributed by atoms with E-state index in [0.29, 0.717) is 10.8 Å². The highest BCUT2D eigenvalue weighted by molar-refractivity contribution is 7.99. The second kappa shape index (κ2) is 9.42. The molecule has 0 fully saturated rings. The van der Waals surface area contributed by atoms with E-state index in [-0.39, 0.29) is 17.4 Å². The van der Waals surface area contributed by atoms with Crippen LogP contribution < -0.4 is 14.8 Å². The maximum Gasteiger partial charge on any atom is 0.387 e. The van der Waals surface area contributed by atoms with Crippen LogP contribution in [-0.4, -0.2) is 42.0 Å². The number of thioether (sulfide) groups is 1. The summed E-state index contributed by atoms with van der Waals surface area (Å²) in [5.74, 6) is 0.857. The lowest BCUT2D eigenvalue weighted by molar-refractivity contribution is -0.118. The van der Waals surface area contributed by atoms with Gasteiger partial charge >= 0.3 is 6.61 Å². The van der Waals surface area contributed by atoms with Gasteiger partial charge in [-0.25, -0.2) is 4.98 Å². The second-order valence-corrected chi connectivity index (χ2v) is 6.77. The molecular formula is C20H19F2N3O3S. The quantitative estimate of drug-likeness (QED) is 0.560. The van der Waals surface area contributed by atoms with Crippen LogP contribution in [0.5, 0.6) is 11.5 Å². The van der Waals surface area contributed by atoms with Gasteiger partial charge < -0.3 is 14.8 Å². The van der Waals surface area contributed by atoms with Crippen LogP contribution in [0.2, 0.25) is 0 Å². The zero-order chi connectivity index (χ0) is 20.8. The van der Waals surface area contributed by atoms with E-state index >= 15 is 0 Å². The third-order valence-electron chi connectivity index (χ3n) is 4.05. The highest BCUT2D eigenvalue weighted by atomic mass is 32.2. The summed E-state index contributed by atoms with van der Waals surface area (Å²) >= 11 is 1.28. The van der Waals surface area contributed by atoms with Gasteiger partial charge in [-0.15, -0.1) is 0 Å². The summed E-state index contributed by atoms with van der Waals surface area (Å²) in [6.07, 6.45) is 1.71. The number of hydrogen-bond donors (Lipinski definition) is 1. The molecule has 0 saturated heterocycles. The predicted molar refractivity (Wildman–Crippen MR) is 107 cm³/mol. The minimum Gasteiger partial charge on any atom is -0.497 e. The summed E-state index contributed by atoms with van der Waals surface area (Å²) in [5.41, 5.74) is 2.38. The zero-order valence-electron chi connectivity index (χ0n) is 15.8. The zero-order valence-corrected chi connectivity index (χ0v) is 16.6.